The Morgan fingerprint density at radius 3 is 2.73 bits per heavy atom. The van der Waals surface area contributed by atoms with Crippen molar-refractivity contribution in [2.24, 2.45) is 5.92 Å². The molecule has 0 aliphatic carbocycles. The van der Waals surface area contributed by atoms with Gasteiger partial charge in [-0.25, -0.2) is 8.42 Å². The minimum Gasteiger partial charge on any atom is -0.455 e. The van der Waals surface area contributed by atoms with Gasteiger partial charge in [0.25, 0.3) is 15.9 Å². The number of piperidine rings is 1. The number of nitrogens with one attached hydrogen (secondary N) is 1. The van der Waals surface area contributed by atoms with Gasteiger partial charge in [0.05, 0.1) is 5.92 Å². The molecule has 0 spiro atoms. The van der Waals surface area contributed by atoms with Gasteiger partial charge in [-0.05, 0) is 24.3 Å². The summed E-state index contributed by atoms with van der Waals surface area (Å²) < 4.78 is 36.1. The Morgan fingerprint density at radius 1 is 1.35 bits per heavy atom. The number of carbonyl (C=O) groups excluding carboxylic acids is 2. The number of carbonyl (C=O) groups is 2. The van der Waals surface area contributed by atoms with E-state index in [1.54, 1.807) is 17.5 Å². The maximum absolute atomic E-state index is 12.4. The lowest BCUT2D eigenvalue weighted by Gasteiger charge is -2.29. The van der Waals surface area contributed by atoms with Crippen molar-refractivity contribution in [3.63, 3.8) is 0 Å². The number of aromatic nitrogens is 1. The minimum atomic E-state index is -3.50. The van der Waals surface area contributed by atoms with E-state index in [2.05, 4.69) is 15.0 Å². The molecule has 0 atom stereocenters. The molecule has 1 aliphatic heterocycles. The number of esters is 1. The zero-order valence-electron chi connectivity index (χ0n) is 13.7. The van der Waals surface area contributed by atoms with Gasteiger partial charge < -0.3 is 14.6 Å². The Morgan fingerprint density at radius 2 is 2.12 bits per heavy atom. The van der Waals surface area contributed by atoms with Crippen molar-refractivity contribution in [2.45, 2.75) is 17.1 Å². The largest absolute Gasteiger partial charge is 0.455 e. The maximum atomic E-state index is 12.4. The van der Waals surface area contributed by atoms with Gasteiger partial charge in [0.2, 0.25) is 0 Å². The molecule has 1 amide bonds. The quantitative estimate of drug-likeness (QED) is 0.728. The van der Waals surface area contributed by atoms with Crippen LogP contribution in [-0.2, 0) is 24.3 Å². The number of amides is 1. The molecule has 26 heavy (non-hydrogen) atoms. The molecule has 2 aromatic heterocycles. The summed E-state index contributed by atoms with van der Waals surface area (Å²) >= 11 is 1.17. The third-order valence-corrected chi connectivity index (χ3v) is 7.20. The third kappa shape index (κ3) is 4.29. The van der Waals surface area contributed by atoms with Crippen molar-refractivity contribution in [2.75, 3.05) is 25.0 Å². The molecule has 3 heterocycles. The molecular weight excluding hydrogens is 382 g/mol. The van der Waals surface area contributed by atoms with Crippen LogP contribution >= 0.6 is 11.3 Å². The lowest BCUT2D eigenvalue weighted by atomic mass is 9.98. The molecule has 3 rings (SSSR count). The second kappa shape index (κ2) is 7.98. The van der Waals surface area contributed by atoms with Crippen molar-refractivity contribution < 1.29 is 27.3 Å². The molecule has 9 nitrogen and oxygen atoms in total. The number of thiophene rings is 1. The van der Waals surface area contributed by atoms with E-state index in [0.717, 1.165) is 0 Å². The first-order valence-electron chi connectivity index (χ1n) is 7.87. The van der Waals surface area contributed by atoms with Crippen molar-refractivity contribution in [1.29, 1.82) is 0 Å². The van der Waals surface area contributed by atoms with Crippen LogP contribution in [0.5, 0.6) is 0 Å². The van der Waals surface area contributed by atoms with E-state index in [9.17, 15) is 18.0 Å². The Balaban J connectivity index is 1.45. The SMILES string of the molecule is O=C(COC(=O)C1CCN(S(=O)(=O)c2cccs2)CC1)Nc1ccon1. The first-order valence-corrected chi connectivity index (χ1v) is 10.2. The number of nitrogens with zero attached hydrogens (tertiary/aromatic N) is 2. The second-order valence-corrected chi connectivity index (χ2v) is 8.76. The van der Waals surface area contributed by atoms with Gasteiger partial charge in [-0.3, -0.25) is 9.59 Å². The molecule has 1 aliphatic rings. The summed E-state index contributed by atoms with van der Waals surface area (Å²) in [4.78, 5) is 23.7. The van der Waals surface area contributed by atoms with Crippen molar-refractivity contribution in [3.05, 3.63) is 29.8 Å². The molecule has 140 valence electrons. The van der Waals surface area contributed by atoms with Crippen LogP contribution in [0.25, 0.3) is 0 Å². The highest BCUT2D eigenvalue weighted by atomic mass is 32.2. The topological polar surface area (TPSA) is 119 Å². The van der Waals surface area contributed by atoms with Crippen LogP contribution in [0, 0.1) is 5.92 Å². The first kappa shape index (κ1) is 18.5. The van der Waals surface area contributed by atoms with Crippen LogP contribution in [0.1, 0.15) is 12.8 Å². The highest BCUT2D eigenvalue weighted by molar-refractivity contribution is 7.91. The Labute approximate surface area is 154 Å². The highest BCUT2D eigenvalue weighted by Gasteiger charge is 2.33. The molecule has 2 aromatic rings. The average Bonchev–Trinajstić information content (AvgIpc) is 3.34. The summed E-state index contributed by atoms with van der Waals surface area (Å²) in [7, 11) is -3.50. The normalized spacial score (nSPS) is 16.3. The standard InChI is InChI=1S/C15H17N3O6S2/c19-13(16-12-5-8-24-17-12)10-23-15(20)11-3-6-18(7-4-11)26(21,22)14-2-1-9-25-14/h1-2,5,8-9,11H,3-4,6-7,10H2,(H,16,17,19). The van der Waals surface area contributed by atoms with Gasteiger partial charge in [0, 0.05) is 19.2 Å². The third-order valence-electron chi connectivity index (χ3n) is 3.93. The molecule has 0 radical (unpaired) electrons. The molecule has 1 fully saturated rings. The predicted molar refractivity (Wildman–Crippen MR) is 91.9 cm³/mol. The van der Waals surface area contributed by atoms with Gasteiger partial charge in [-0.15, -0.1) is 11.3 Å². The fraction of sp³-hybridized carbons (Fsp3) is 0.400. The number of rotatable bonds is 6. The fourth-order valence-corrected chi connectivity index (χ4v) is 5.19. The summed E-state index contributed by atoms with van der Waals surface area (Å²) in [6, 6.07) is 4.71. The van der Waals surface area contributed by atoms with Gasteiger partial charge in [-0.2, -0.15) is 4.31 Å². The molecule has 1 N–H and O–H groups in total. The van der Waals surface area contributed by atoms with E-state index in [4.69, 9.17) is 4.74 Å². The predicted octanol–water partition coefficient (Wildman–Crippen LogP) is 1.32. The number of ether oxygens (including phenoxy) is 1. The maximum Gasteiger partial charge on any atom is 0.309 e. The summed E-state index contributed by atoms with van der Waals surface area (Å²) in [5, 5.41) is 7.64. The van der Waals surface area contributed by atoms with Crippen molar-refractivity contribution >= 4 is 39.1 Å². The molecular formula is C15H17N3O6S2. The van der Waals surface area contributed by atoms with E-state index in [1.807, 2.05) is 0 Å². The monoisotopic (exact) mass is 399 g/mol. The average molecular weight is 399 g/mol. The van der Waals surface area contributed by atoms with Crippen LogP contribution in [0.4, 0.5) is 5.82 Å². The lowest BCUT2D eigenvalue weighted by Crippen LogP contribution is -2.40. The summed E-state index contributed by atoms with van der Waals surface area (Å²) in [5.41, 5.74) is 0. The Hall–Kier alpha value is -2.24. The van der Waals surface area contributed by atoms with Gasteiger partial charge in [0.15, 0.2) is 12.4 Å². The molecule has 0 saturated carbocycles. The Kier molecular flexibility index (Phi) is 5.69. The lowest BCUT2D eigenvalue weighted by molar-refractivity contribution is -0.152. The van der Waals surface area contributed by atoms with Crippen molar-refractivity contribution in [3.8, 4) is 0 Å². The Bertz CT molecular complexity index is 840. The van der Waals surface area contributed by atoms with E-state index in [-0.39, 0.29) is 18.9 Å². The van der Waals surface area contributed by atoms with Crippen LogP contribution in [0.15, 0.2) is 38.6 Å². The van der Waals surface area contributed by atoms with E-state index in [1.165, 1.54) is 28.0 Å². The number of sulfonamides is 1. The van der Waals surface area contributed by atoms with Crippen LogP contribution in [0.2, 0.25) is 0 Å². The summed E-state index contributed by atoms with van der Waals surface area (Å²) in [5.74, 6) is -1.22. The smallest absolute Gasteiger partial charge is 0.309 e. The van der Waals surface area contributed by atoms with Crippen LogP contribution in [-0.4, -0.2) is 49.5 Å². The number of anilines is 1. The summed E-state index contributed by atoms with van der Waals surface area (Å²) in [6.07, 6.45) is 2.02. The first-order chi connectivity index (χ1) is 12.5. The van der Waals surface area contributed by atoms with Gasteiger partial charge in [0.1, 0.15) is 10.5 Å². The minimum absolute atomic E-state index is 0.234. The number of hydrogen-bond donors (Lipinski definition) is 1. The number of hydrogen-bond acceptors (Lipinski definition) is 8. The van der Waals surface area contributed by atoms with Crippen molar-refractivity contribution in [1.82, 2.24) is 9.46 Å². The van der Waals surface area contributed by atoms with Gasteiger partial charge in [-0.1, -0.05) is 11.2 Å². The molecule has 0 unspecified atom stereocenters. The molecule has 11 heteroatoms. The fourth-order valence-electron chi connectivity index (χ4n) is 2.58. The zero-order valence-corrected chi connectivity index (χ0v) is 15.3. The highest BCUT2D eigenvalue weighted by Crippen LogP contribution is 2.26. The zero-order chi connectivity index (χ0) is 18.6. The molecule has 1 saturated heterocycles. The summed E-state index contributed by atoms with van der Waals surface area (Å²) in [6.45, 7) is 0.0513. The van der Waals surface area contributed by atoms with E-state index in [0.29, 0.717) is 17.1 Å². The molecule has 0 aromatic carbocycles. The molecule has 0 bridgehead atoms. The van der Waals surface area contributed by atoms with Gasteiger partial charge >= 0.3 is 5.97 Å². The van der Waals surface area contributed by atoms with Crippen LogP contribution in [0.3, 0.4) is 0 Å². The second-order valence-electron chi connectivity index (χ2n) is 5.65. The van der Waals surface area contributed by atoms with E-state index >= 15 is 0 Å². The van der Waals surface area contributed by atoms with E-state index < -0.39 is 34.4 Å². The van der Waals surface area contributed by atoms with Crippen LogP contribution < -0.4 is 5.32 Å².